The smallest absolute Gasteiger partial charge is 0.168 e. The van der Waals surface area contributed by atoms with Gasteiger partial charge in [-0.2, -0.15) is 10.4 Å². The Morgan fingerprint density at radius 2 is 2.42 bits per heavy atom. The number of hydrogen-bond donors (Lipinski definition) is 0. The number of nitriles is 1. The lowest BCUT2D eigenvalue weighted by atomic mass is 9.80. The molecular formula is C15H20N4. The van der Waals surface area contributed by atoms with Crippen LogP contribution in [0, 0.1) is 23.2 Å². The van der Waals surface area contributed by atoms with E-state index in [-0.39, 0.29) is 0 Å². The second-order valence-electron chi connectivity index (χ2n) is 5.33. The molecule has 1 aliphatic rings. The van der Waals surface area contributed by atoms with Crippen molar-refractivity contribution in [3.05, 3.63) is 24.4 Å². The summed E-state index contributed by atoms with van der Waals surface area (Å²) in [5, 5.41) is 13.2. The molecule has 0 aliphatic heterocycles. The molecule has 0 aromatic carbocycles. The Labute approximate surface area is 114 Å². The van der Waals surface area contributed by atoms with Gasteiger partial charge in [-0.25, -0.2) is 9.67 Å². The lowest BCUT2D eigenvalue weighted by molar-refractivity contribution is 0.340. The molecule has 1 heterocycles. The molecule has 1 aromatic heterocycles. The lowest BCUT2D eigenvalue weighted by Crippen LogP contribution is -2.20. The van der Waals surface area contributed by atoms with Gasteiger partial charge in [0.15, 0.2) is 5.82 Å². The van der Waals surface area contributed by atoms with Crippen molar-refractivity contribution in [2.75, 3.05) is 0 Å². The fourth-order valence-electron chi connectivity index (χ4n) is 2.77. The van der Waals surface area contributed by atoms with Crippen molar-refractivity contribution < 1.29 is 0 Å². The van der Waals surface area contributed by atoms with Crippen LogP contribution in [0.25, 0.3) is 0 Å². The van der Waals surface area contributed by atoms with Crippen molar-refractivity contribution in [2.24, 2.45) is 23.9 Å². The highest BCUT2D eigenvalue weighted by atomic mass is 15.3. The molecule has 19 heavy (non-hydrogen) atoms. The molecule has 0 radical (unpaired) electrons. The van der Waals surface area contributed by atoms with Gasteiger partial charge >= 0.3 is 0 Å². The molecule has 1 saturated carbocycles. The zero-order chi connectivity index (χ0) is 13.8. The topological polar surface area (TPSA) is 54.0 Å². The third kappa shape index (κ3) is 2.93. The minimum absolute atomic E-state index is 0.461. The first-order valence-electron chi connectivity index (χ1n) is 6.78. The summed E-state index contributed by atoms with van der Waals surface area (Å²) in [5.41, 5.74) is 1.51. The highest BCUT2D eigenvalue weighted by molar-refractivity contribution is 5.98. The number of hydrogen-bond acceptors (Lipinski definition) is 3. The summed E-state index contributed by atoms with van der Waals surface area (Å²) in [7, 11) is 1.81. The highest BCUT2D eigenvalue weighted by Gasteiger charge is 2.22. The van der Waals surface area contributed by atoms with Gasteiger partial charge < -0.3 is 0 Å². The van der Waals surface area contributed by atoms with E-state index < -0.39 is 0 Å². The van der Waals surface area contributed by atoms with Gasteiger partial charge in [0, 0.05) is 18.7 Å². The molecule has 2 unspecified atom stereocenters. The molecule has 2 atom stereocenters. The van der Waals surface area contributed by atoms with E-state index in [2.05, 4.69) is 29.7 Å². The predicted octanol–water partition coefficient (Wildman–Crippen LogP) is 3.38. The molecule has 0 spiro atoms. The van der Waals surface area contributed by atoms with Crippen LogP contribution in [0.3, 0.4) is 0 Å². The monoisotopic (exact) mass is 256 g/mol. The summed E-state index contributed by atoms with van der Waals surface area (Å²) in [6.07, 6.45) is 8.25. The second-order valence-corrected chi connectivity index (χ2v) is 5.33. The molecule has 1 aliphatic carbocycles. The average Bonchev–Trinajstić information content (AvgIpc) is 2.76. The van der Waals surface area contributed by atoms with E-state index >= 15 is 0 Å². The van der Waals surface area contributed by atoms with Crippen LogP contribution in [0.2, 0.25) is 0 Å². The van der Waals surface area contributed by atoms with E-state index in [1.807, 2.05) is 13.1 Å². The van der Waals surface area contributed by atoms with E-state index in [4.69, 9.17) is 5.26 Å². The van der Waals surface area contributed by atoms with Gasteiger partial charge in [-0.1, -0.05) is 26.3 Å². The standard InChI is InChI=1S/C15H20N4/c1-4-14(12-7-5-6-11(2)8-12)18-15-13(9-16)10-17-19(15)3/h4,10-12H,1,5-8H2,2-3H3/b18-14+. The van der Waals surface area contributed by atoms with Crippen LogP contribution in [-0.2, 0) is 7.05 Å². The first-order valence-corrected chi connectivity index (χ1v) is 6.78. The van der Waals surface area contributed by atoms with Crippen LogP contribution < -0.4 is 0 Å². The van der Waals surface area contributed by atoms with Crippen molar-refractivity contribution in [2.45, 2.75) is 32.6 Å². The average molecular weight is 256 g/mol. The molecule has 0 saturated heterocycles. The van der Waals surface area contributed by atoms with E-state index in [0.717, 1.165) is 24.5 Å². The minimum Gasteiger partial charge on any atom is -0.250 e. The van der Waals surface area contributed by atoms with Crippen LogP contribution >= 0.6 is 0 Å². The van der Waals surface area contributed by atoms with Crippen molar-refractivity contribution in [1.29, 1.82) is 5.26 Å². The largest absolute Gasteiger partial charge is 0.250 e. The first kappa shape index (κ1) is 13.5. The van der Waals surface area contributed by atoms with Crippen LogP contribution in [0.15, 0.2) is 23.8 Å². The number of nitrogens with zero attached hydrogens (tertiary/aromatic N) is 4. The van der Waals surface area contributed by atoms with Gasteiger partial charge in [-0.3, -0.25) is 0 Å². The van der Waals surface area contributed by atoms with Gasteiger partial charge in [0.25, 0.3) is 0 Å². The molecule has 1 fully saturated rings. The molecule has 1 aromatic rings. The second kappa shape index (κ2) is 5.83. The van der Waals surface area contributed by atoms with E-state index in [9.17, 15) is 0 Å². The number of aliphatic imine (C=N–C) groups is 1. The molecule has 100 valence electrons. The van der Waals surface area contributed by atoms with Crippen LogP contribution in [-0.4, -0.2) is 15.5 Å². The number of allylic oxidation sites excluding steroid dienone is 1. The summed E-state index contributed by atoms with van der Waals surface area (Å²) in [4.78, 5) is 4.64. The van der Waals surface area contributed by atoms with Crippen LogP contribution in [0.1, 0.15) is 38.2 Å². The first-order chi connectivity index (χ1) is 9.15. The summed E-state index contributed by atoms with van der Waals surface area (Å²) < 4.78 is 1.65. The fourth-order valence-corrected chi connectivity index (χ4v) is 2.77. The lowest BCUT2D eigenvalue weighted by Gasteiger charge is -2.26. The third-order valence-electron chi connectivity index (χ3n) is 3.83. The number of aryl methyl sites for hydroxylation is 1. The molecule has 0 amide bonds. The summed E-state index contributed by atoms with van der Waals surface area (Å²) in [6, 6.07) is 2.13. The van der Waals surface area contributed by atoms with E-state index in [0.29, 0.717) is 17.3 Å². The minimum atomic E-state index is 0.461. The van der Waals surface area contributed by atoms with Gasteiger partial charge in [-0.05, 0) is 24.8 Å². The van der Waals surface area contributed by atoms with Crippen molar-refractivity contribution >= 4 is 11.5 Å². The summed E-state index contributed by atoms with van der Waals surface area (Å²) in [6.45, 7) is 6.17. The zero-order valence-corrected chi connectivity index (χ0v) is 11.6. The molecule has 4 heteroatoms. The van der Waals surface area contributed by atoms with Crippen molar-refractivity contribution in [3.63, 3.8) is 0 Å². The van der Waals surface area contributed by atoms with E-state index in [1.165, 1.54) is 12.8 Å². The van der Waals surface area contributed by atoms with Gasteiger partial charge in [0.05, 0.1) is 6.20 Å². The highest BCUT2D eigenvalue weighted by Crippen LogP contribution is 2.31. The van der Waals surface area contributed by atoms with Crippen molar-refractivity contribution in [1.82, 2.24) is 9.78 Å². The maximum Gasteiger partial charge on any atom is 0.168 e. The molecule has 0 N–H and O–H groups in total. The fraction of sp³-hybridized carbons (Fsp3) is 0.533. The maximum absolute atomic E-state index is 9.07. The molecule has 0 bridgehead atoms. The molecule has 2 rings (SSSR count). The Morgan fingerprint density at radius 1 is 1.63 bits per heavy atom. The Balaban J connectivity index is 2.30. The zero-order valence-electron chi connectivity index (χ0n) is 11.6. The SMILES string of the molecule is C=C/C(=N\c1c(C#N)cnn1C)C1CCCC(C)C1. The van der Waals surface area contributed by atoms with Crippen LogP contribution in [0.4, 0.5) is 5.82 Å². The molecular weight excluding hydrogens is 236 g/mol. The summed E-state index contributed by atoms with van der Waals surface area (Å²) in [5.74, 6) is 1.84. The third-order valence-corrected chi connectivity index (χ3v) is 3.83. The Bertz CT molecular complexity index is 533. The van der Waals surface area contributed by atoms with Gasteiger partial charge in [0.2, 0.25) is 0 Å². The maximum atomic E-state index is 9.07. The Morgan fingerprint density at radius 3 is 3.05 bits per heavy atom. The molecule has 4 nitrogen and oxygen atoms in total. The number of aromatic nitrogens is 2. The number of rotatable bonds is 3. The Hall–Kier alpha value is -1.89. The normalized spacial score (nSPS) is 23.9. The quantitative estimate of drug-likeness (QED) is 0.778. The summed E-state index contributed by atoms with van der Waals surface area (Å²) >= 11 is 0. The Kier molecular flexibility index (Phi) is 4.16. The van der Waals surface area contributed by atoms with E-state index in [1.54, 1.807) is 10.9 Å². The van der Waals surface area contributed by atoms with Gasteiger partial charge in [-0.15, -0.1) is 0 Å². The van der Waals surface area contributed by atoms with Crippen molar-refractivity contribution in [3.8, 4) is 6.07 Å². The van der Waals surface area contributed by atoms with Gasteiger partial charge in [0.1, 0.15) is 11.6 Å². The predicted molar refractivity (Wildman–Crippen MR) is 76.3 cm³/mol. The van der Waals surface area contributed by atoms with Crippen LogP contribution in [0.5, 0.6) is 0 Å².